The van der Waals surface area contributed by atoms with Crippen LogP contribution < -0.4 is 4.74 Å². The molecule has 0 saturated heterocycles. The number of hydrogen-bond donors (Lipinski definition) is 0. The van der Waals surface area contributed by atoms with Crippen LogP contribution >= 0.6 is 0 Å². The molecule has 1 heterocycles. The van der Waals surface area contributed by atoms with Gasteiger partial charge in [0.15, 0.2) is 12.4 Å². The second-order valence-electron chi connectivity index (χ2n) is 6.01. The maximum atomic E-state index is 12.8. The summed E-state index contributed by atoms with van der Waals surface area (Å²) in [6.07, 6.45) is 7.52. The summed E-state index contributed by atoms with van der Waals surface area (Å²) in [7, 11) is 0. The van der Waals surface area contributed by atoms with Crippen molar-refractivity contribution < 1.29 is 18.9 Å². The number of carbonyl (C=O) groups excluding carboxylic acids is 1. The van der Waals surface area contributed by atoms with Crippen LogP contribution in [0.1, 0.15) is 31.4 Å². The fraction of sp³-hybridized carbons (Fsp3) is 0.316. The van der Waals surface area contributed by atoms with Crippen LogP contribution in [0.15, 0.2) is 58.9 Å². The lowest BCUT2D eigenvalue weighted by atomic mass is 10.0. The summed E-state index contributed by atoms with van der Waals surface area (Å²) in [5.74, 6) is 0.504. The zero-order valence-corrected chi connectivity index (χ0v) is 14.3. The lowest BCUT2D eigenvalue weighted by Crippen LogP contribution is -2.34. The Bertz CT molecular complexity index is 798. The molecule has 1 aliphatic carbocycles. The van der Waals surface area contributed by atoms with E-state index in [2.05, 4.69) is 6.08 Å². The fourth-order valence-electron chi connectivity index (χ4n) is 2.92. The van der Waals surface area contributed by atoms with E-state index in [1.165, 1.54) is 12.1 Å². The number of allylic oxidation sites excluding steroid dienone is 2. The molecule has 0 saturated carbocycles. The van der Waals surface area contributed by atoms with Crippen LogP contribution in [-0.4, -0.2) is 22.3 Å². The number of benzene rings is 1. The van der Waals surface area contributed by atoms with Gasteiger partial charge in [0.05, 0.1) is 17.7 Å². The maximum Gasteiger partial charge on any atom is 0.310 e. The van der Waals surface area contributed by atoms with Gasteiger partial charge in [0.1, 0.15) is 5.76 Å². The normalized spacial score (nSPS) is 13.8. The molecule has 136 valence electrons. The molecule has 0 bridgehead atoms. The minimum absolute atomic E-state index is 0.0847. The summed E-state index contributed by atoms with van der Waals surface area (Å²) in [6.45, 7) is 0.0425. The summed E-state index contributed by atoms with van der Waals surface area (Å²) in [5.41, 5.74) is 0.790. The molecule has 1 amide bonds. The van der Waals surface area contributed by atoms with E-state index in [1.54, 1.807) is 29.4 Å². The van der Waals surface area contributed by atoms with Gasteiger partial charge in [0.2, 0.25) is 0 Å². The van der Waals surface area contributed by atoms with Crippen molar-refractivity contribution >= 4 is 11.6 Å². The average molecular weight is 356 g/mol. The summed E-state index contributed by atoms with van der Waals surface area (Å²) < 4.78 is 10.8. The number of rotatable bonds is 7. The molecule has 7 heteroatoms. The summed E-state index contributed by atoms with van der Waals surface area (Å²) in [4.78, 5) is 25.0. The number of para-hydroxylation sites is 2. The van der Waals surface area contributed by atoms with Crippen LogP contribution in [0, 0.1) is 10.1 Å². The number of ether oxygens (including phenoxy) is 1. The van der Waals surface area contributed by atoms with Crippen molar-refractivity contribution in [2.75, 3.05) is 6.61 Å². The number of hydrogen-bond acceptors (Lipinski definition) is 5. The molecule has 0 aliphatic heterocycles. The lowest BCUT2D eigenvalue weighted by molar-refractivity contribution is -0.385. The molecule has 2 aromatic rings. The third kappa shape index (κ3) is 4.30. The van der Waals surface area contributed by atoms with Crippen LogP contribution in [0.4, 0.5) is 5.69 Å². The number of furan rings is 1. The molecule has 0 unspecified atom stereocenters. The number of nitro groups is 1. The molecule has 3 rings (SSSR count). The van der Waals surface area contributed by atoms with Gasteiger partial charge in [-0.1, -0.05) is 18.2 Å². The highest BCUT2D eigenvalue weighted by Gasteiger charge is 2.23. The lowest BCUT2D eigenvalue weighted by Gasteiger charge is -2.27. The van der Waals surface area contributed by atoms with Crippen molar-refractivity contribution in [2.24, 2.45) is 0 Å². The van der Waals surface area contributed by atoms with Crippen molar-refractivity contribution in [1.82, 2.24) is 4.90 Å². The first kappa shape index (κ1) is 17.7. The summed E-state index contributed by atoms with van der Waals surface area (Å²) in [6, 6.07) is 9.62. The number of nitrogens with zero attached hydrogens (tertiary/aromatic N) is 2. The Balaban J connectivity index is 1.73. The van der Waals surface area contributed by atoms with Crippen LogP contribution in [0.2, 0.25) is 0 Å². The zero-order valence-electron chi connectivity index (χ0n) is 14.3. The van der Waals surface area contributed by atoms with Gasteiger partial charge in [-0.2, -0.15) is 0 Å². The van der Waals surface area contributed by atoms with E-state index in [4.69, 9.17) is 9.15 Å². The Morgan fingerprint density at radius 2 is 2.08 bits per heavy atom. The van der Waals surface area contributed by atoms with Gasteiger partial charge in [-0.15, -0.1) is 0 Å². The summed E-state index contributed by atoms with van der Waals surface area (Å²) in [5, 5.41) is 11.1. The first-order valence-electron chi connectivity index (χ1n) is 8.53. The Kier molecular flexibility index (Phi) is 5.68. The van der Waals surface area contributed by atoms with Crippen molar-refractivity contribution in [3.8, 4) is 5.75 Å². The van der Waals surface area contributed by atoms with E-state index in [0.717, 1.165) is 31.4 Å². The van der Waals surface area contributed by atoms with E-state index in [-0.39, 0.29) is 24.0 Å². The quantitative estimate of drug-likeness (QED) is 0.552. The number of nitro benzene ring substituents is 1. The van der Waals surface area contributed by atoms with Crippen LogP contribution in [0.25, 0.3) is 0 Å². The van der Waals surface area contributed by atoms with Gasteiger partial charge in [0, 0.05) is 11.8 Å². The van der Waals surface area contributed by atoms with Crippen LogP contribution in [0.3, 0.4) is 0 Å². The molecule has 7 nitrogen and oxygen atoms in total. The maximum absolute atomic E-state index is 12.8. The molecular formula is C19H20N2O5. The molecular weight excluding hydrogens is 336 g/mol. The minimum atomic E-state index is -0.524. The van der Waals surface area contributed by atoms with Gasteiger partial charge in [0.25, 0.3) is 5.91 Å². The van der Waals surface area contributed by atoms with Crippen LogP contribution in [0.5, 0.6) is 5.75 Å². The van der Waals surface area contributed by atoms with Crippen molar-refractivity contribution in [3.63, 3.8) is 0 Å². The van der Waals surface area contributed by atoms with Gasteiger partial charge in [-0.25, -0.2) is 0 Å². The topological polar surface area (TPSA) is 85.8 Å². The van der Waals surface area contributed by atoms with Gasteiger partial charge < -0.3 is 14.1 Å². The van der Waals surface area contributed by atoms with Crippen molar-refractivity contribution in [2.45, 2.75) is 32.2 Å². The van der Waals surface area contributed by atoms with Crippen LogP contribution in [-0.2, 0) is 11.3 Å². The Morgan fingerprint density at radius 3 is 2.77 bits per heavy atom. The highest BCUT2D eigenvalue weighted by molar-refractivity contribution is 5.79. The first-order chi connectivity index (χ1) is 12.6. The average Bonchev–Trinajstić information content (AvgIpc) is 3.18. The van der Waals surface area contributed by atoms with E-state index in [1.807, 2.05) is 6.07 Å². The highest BCUT2D eigenvalue weighted by Crippen LogP contribution is 2.27. The number of carbonyl (C=O) groups is 1. The van der Waals surface area contributed by atoms with E-state index >= 15 is 0 Å². The molecule has 0 N–H and O–H groups in total. The van der Waals surface area contributed by atoms with Gasteiger partial charge in [-0.05, 0) is 43.9 Å². The molecule has 1 aromatic carbocycles. The molecule has 26 heavy (non-hydrogen) atoms. The second-order valence-corrected chi connectivity index (χ2v) is 6.01. The molecule has 0 spiro atoms. The predicted molar refractivity (Wildman–Crippen MR) is 94.4 cm³/mol. The third-order valence-electron chi connectivity index (χ3n) is 4.22. The van der Waals surface area contributed by atoms with Crippen molar-refractivity contribution in [1.29, 1.82) is 0 Å². The first-order valence-corrected chi connectivity index (χ1v) is 8.53. The fourth-order valence-corrected chi connectivity index (χ4v) is 2.92. The third-order valence-corrected chi connectivity index (χ3v) is 4.22. The smallest absolute Gasteiger partial charge is 0.310 e. The predicted octanol–water partition coefficient (Wildman–Crippen LogP) is 4.05. The largest absolute Gasteiger partial charge is 0.477 e. The molecule has 0 radical (unpaired) electrons. The Morgan fingerprint density at radius 1 is 1.23 bits per heavy atom. The van der Waals surface area contributed by atoms with Crippen molar-refractivity contribution in [3.05, 3.63) is 70.3 Å². The van der Waals surface area contributed by atoms with E-state index in [0.29, 0.717) is 12.3 Å². The second kappa shape index (κ2) is 8.33. The molecule has 0 atom stereocenters. The molecule has 1 aromatic heterocycles. The van der Waals surface area contributed by atoms with Gasteiger partial charge in [-0.3, -0.25) is 14.9 Å². The molecule has 1 aliphatic rings. The minimum Gasteiger partial charge on any atom is -0.477 e. The Hall–Kier alpha value is -3.09. The Labute approximate surface area is 151 Å². The monoisotopic (exact) mass is 356 g/mol. The standard InChI is InChI=1S/C19H20N2O5/c22-19(14-26-18-11-5-4-10-17(18)21(23)24)20(13-16-9-6-12-25-16)15-7-2-1-3-8-15/h4-7,9-12H,1-3,8,13-14H2. The summed E-state index contributed by atoms with van der Waals surface area (Å²) >= 11 is 0. The zero-order chi connectivity index (χ0) is 18.4. The molecule has 0 fully saturated rings. The SMILES string of the molecule is O=C(COc1ccccc1[N+](=O)[O-])N(Cc1ccco1)C1=CCCCC1. The number of amides is 1. The van der Waals surface area contributed by atoms with E-state index in [9.17, 15) is 14.9 Å². The van der Waals surface area contributed by atoms with E-state index < -0.39 is 4.92 Å². The highest BCUT2D eigenvalue weighted by atomic mass is 16.6. The van der Waals surface area contributed by atoms with Gasteiger partial charge >= 0.3 is 5.69 Å².